The highest BCUT2D eigenvalue weighted by molar-refractivity contribution is 8.63. The lowest BCUT2D eigenvalue weighted by atomic mass is 9.86. The van der Waals surface area contributed by atoms with Crippen LogP contribution in [0.4, 0.5) is 0 Å². The molecule has 0 rings (SSSR count). The number of hydrogen-bond donors (Lipinski definition) is 1. The van der Waals surface area contributed by atoms with E-state index in [-0.39, 0.29) is 5.16 Å². The predicted octanol–water partition coefficient (Wildman–Crippen LogP) is 6.74. The highest BCUT2D eigenvalue weighted by Crippen LogP contribution is 2.66. The molecule has 0 heterocycles. The van der Waals surface area contributed by atoms with Crippen molar-refractivity contribution in [2.45, 2.75) is 85.7 Å². The van der Waals surface area contributed by atoms with Crippen molar-refractivity contribution in [2.75, 3.05) is 6.16 Å². The molecule has 116 valence electrons. The number of unbranched alkanes of at least 4 members (excludes halogenated alkanes) is 1. The fraction of sp³-hybridized carbons (Fsp3) is 1.00. The third-order valence-corrected chi connectivity index (χ3v) is 11.2. The lowest BCUT2D eigenvalue weighted by Gasteiger charge is -2.40. The summed E-state index contributed by atoms with van der Waals surface area (Å²) in [5.74, 6) is 0.691. The van der Waals surface area contributed by atoms with Gasteiger partial charge in [0, 0.05) is 10.4 Å². The van der Waals surface area contributed by atoms with E-state index in [9.17, 15) is 0 Å². The molecule has 0 saturated carbocycles. The zero-order valence-electron chi connectivity index (χ0n) is 14.1. The molecule has 0 spiro atoms. The quantitative estimate of drug-likeness (QED) is 0.381. The molecule has 0 nitrogen and oxygen atoms in total. The van der Waals surface area contributed by atoms with Crippen molar-refractivity contribution < 1.29 is 0 Å². The standard InChI is InChI=1S/C16H35PS2/c1-8-10-11-16(7,9-2)17(18,19)13-14(3)12-15(4,5)6/h14H,8-13H2,1-7H3,(H,18,19). The maximum absolute atomic E-state index is 6.03. The van der Waals surface area contributed by atoms with Crippen LogP contribution >= 0.6 is 17.5 Å². The van der Waals surface area contributed by atoms with E-state index >= 15 is 0 Å². The molecule has 0 aliphatic rings. The Balaban J connectivity index is 4.78. The first-order chi connectivity index (χ1) is 8.47. The summed E-state index contributed by atoms with van der Waals surface area (Å²) in [6, 6.07) is 0. The van der Waals surface area contributed by atoms with Gasteiger partial charge in [-0.1, -0.05) is 73.1 Å². The van der Waals surface area contributed by atoms with Crippen LogP contribution in [0.5, 0.6) is 0 Å². The highest BCUT2D eigenvalue weighted by atomic mass is 32.9. The van der Waals surface area contributed by atoms with Crippen LogP contribution in [0.1, 0.15) is 80.6 Å². The Bertz CT molecular complexity index is 306. The van der Waals surface area contributed by atoms with Crippen molar-refractivity contribution in [3.05, 3.63) is 0 Å². The van der Waals surface area contributed by atoms with Crippen LogP contribution in [0.3, 0.4) is 0 Å². The second-order valence-corrected chi connectivity index (χ2v) is 15.3. The van der Waals surface area contributed by atoms with Crippen molar-refractivity contribution in [3.8, 4) is 0 Å². The van der Waals surface area contributed by atoms with E-state index in [1.807, 2.05) is 0 Å². The molecule has 0 aliphatic carbocycles. The SMILES string of the molecule is CCCCC(C)(CC)P(=S)(S)CC(C)CC(C)(C)C. The second kappa shape index (κ2) is 7.85. The summed E-state index contributed by atoms with van der Waals surface area (Å²) in [6.45, 7) is 16.3. The van der Waals surface area contributed by atoms with E-state index in [1.54, 1.807) is 0 Å². The Morgan fingerprint density at radius 1 is 1.16 bits per heavy atom. The molecule has 0 bridgehead atoms. The van der Waals surface area contributed by atoms with Crippen molar-refractivity contribution >= 4 is 29.3 Å². The minimum absolute atomic E-state index is 0.285. The summed E-state index contributed by atoms with van der Waals surface area (Å²) >= 11 is 11.1. The molecular formula is C16H35PS2. The van der Waals surface area contributed by atoms with E-state index in [1.165, 1.54) is 32.1 Å². The maximum Gasteiger partial charge on any atom is 0.00928 e. The molecular weight excluding hydrogens is 287 g/mol. The Morgan fingerprint density at radius 2 is 1.68 bits per heavy atom. The normalized spacial score (nSPS) is 20.6. The van der Waals surface area contributed by atoms with Gasteiger partial charge in [0.25, 0.3) is 0 Å². The summed E-state index contributed by atoms with van der Waals surface area (Å²) in [7, 11) is 0. The smallest absolute Gasteiger partial charge is 0.00928 e. The number of hydrogen-bond acceptors (Lipinski definition) is 1. The van der Waals surface area contributed by atoms with Gasteiger partial charge in [-0.2, -0.15) is 0 Å². The average molecular weight is 323 g/mol. The van der Waals surface area contributed by atoms with E-state index in [0.29, 0.717) is 11.3 Å². The fourth-order valence-electron chi connectivity index (χ4n) is 2.91. The number of rotatable bonds is 8. The Kier molecular flexibility index (Phi) is 8.27. The van der Waals surface area contributed by atoms with Gasteiger partial charge < -0.3 is 0 Å². The van der Waals surface area contributed by atoms with Crippen LogP contribution < -0.4 is 0 Å². The Hall–Kier alpha value is 1.00. The molecule has 0 aromatic carbocycles. The first kappa shape index (κ1) is 20.0. The van der Waals surface area contributed by atoms with Crippen molar-refractivity contribution in [1.82, 2.24) is 0 Å². The average Bonchev–Trinajstić information content (AvgIpc) is 2.21. The maximum atomic E-state index is 6.03. The van der Waals surface area contributed by atoms with E-state index < -0.39 is 5.24 Å². The van der Waals surface area contributed by atoms with Gasteiger partial charge in [-0.3, -0.25) is 0 Å². The van der Waals surface area contributed by atoms with Crippen molar-refractivity contribution in [2.24, 2.45) is 11.3 Å². The summed E-state index contributed by atoms with van der Waals surface area (Å²) in [5, 5.41) is -1.27. The summed E-state index contributed by atoms with van der Waals surface area (Å²) < 4.78 is 0. The van der Waals surface area contributed by atoms with Gasteiger partial charge >= 0.3 is 0 Å². The van der Waals surface area contributed by atoms with Gasteiger partial charge in [-0.25, -0.2) is 0 Å². The van der Waals surface area contributed by atoms with Gasteiger partial charge in [0.15, 0.2) is 0 Å². The van der Waals surface area contributed by atoms with Crippen LogP contribution in [0.25, 0.3) is 0 Å². The molecule has 3 heteroatoms. The monoisotopic (exact) mass is 322 g/mol. The largest absolute Gasteiger partial charge is 0.140 e. The molecule has 0 fully saturated rings. The van der Waals surface area contributed by atoms with Crippen LogP contribution in [0.2, 0.25) is 0 Å². The molecule has 3 atom stereocenters. The number of thiol groups is 1. The first-order valence-electron chi connectivity index (χ1n) is 7.79. The first-order valence-corrected chi connectivity index (χ1v) is 11.9. The minimum atomic E-state index is -1.56. The molecule has 0 aromatic rings. The highest BCUT2D eigenvalue weighted by Gasteiger charge is 2.36. The summed E-state index contributed by atoms with van der Waals surface area (Å²) in [6.07, 6.45) is 7.38. The zero-order valence-corrected chi connectivity index (χ0v) is 16.7. The van der Waals surface area contributed by atoms with Gasteiger partial charge in [-0.15, -0.1) is 12.2 Å². The fourth-order valence-corrected chi connectivity index (χ4v) is 8.31. The molecule has 0 amide bonds. The topological polar surface area (TPSA) is 0 Å². The van der Waals surface area contributed by atoms with Crippen molar-refractivity contribution in [1.29, 1.82) is 0 Å². The van der Waals surface area contributed by atoms with Crippen LogP contribution in [-0.2, 0) is 11.8 Å². The van der Waals surface area contributed by atoms with Gasteiger partial charge in [0.2, 0.25) is 0 Å². The predicted molar refractivity (Wildman–Crippen MR) is 99.6 cm³/mol. The Morgan fingerprint density at radius 3 is 2.05 bits per heavy atom. The van der Waals surface area contributed by atoms with Gasteiger partial charge in [-0.05, 0) is 36.8 Å². The van der Waals surface area contributed by atoms with Gasteiger partial charge in [0.1, 0.15) is 0 Å². The Labute approximate surface area is 132 Å². The molecule has 0 aromatic heterocycles. The van der Waals surface area contributed by atoms with Crippen LogP contribution in [0, 0.1) is 11.3 Å². The zero-order chi connectivity index (χ0) is 15.3. The van der Waals surface area contributed by atoms with Crippen LogP contribution in [0.15, 0.2) is 0 Å². The molecule has 0 radical (unpaired) electrons. The van der Waals surface area contributed by atoms with Crippen LogP contribution in [-0.4, -0.2) is 11.3 Å². The molecule has 3 unspecified atom stereocenters. The van der Waals surface area contributed by atoms with E-state index in [2.05, 4.69) is 48.5 Å². The third kappa shape index (κ3) is 7.00. The lowest BCUT2D eigenvalue weighted by Crippen LogP contribution is -2.25. The summed E-state index contributed by atoms with van der Waals surface area (Å²) in [4.78, 5) is 0. The molecule has 0 N–H and O–H groups in total. The minimum Gasteiger partial charge on any atom is -0.140 e. The molecule has 0 saturated heterocycles. The van der Waals surface area contributed by atoms with E-state index in [4.69, 9.17) is 24.1 Å². The second-order valence-electron chi connectivity index (χ2n) is 7.71. The van der Waals surface area contributed by atoms with Crippen molar-refractivity contribution in [3.63, 3.8) is 0 Å². The molecule has 19 heavy (non-hydrogen) atoms. The van der Waals surface area contributed by atoms with E-state index in [0.717, 1.165) is 6.16 Å². The molecule has 0 aliphatic heterocycles. The lowest BCUT2D eigenvalue weighted by molar-refractivity contribution is 0.322. The summed E-state index contributed by atoms with van der Waals surface area (Å²) in [5.41, 5.74) is 0.397. The van der Waals surface area contributed by atoms with Gasteiger partial charge in [0.05, 0.1) is 0 Å². The third-order valence-electron chi connectivity index (χ3n) is 4.19.